The molecule has 4 rings (SSSR count). The summed E-state index contributed by atoms with van der Waals surface area (Å²) in [5.41, 5.74) is 5.76. The summed E-state index contributed by atoms with van der Waals surface area (Å²) in [6.45, 7) is 4.61. The predicted molar refractivity (Wildman–Crippen MR) is 113 cm³/mol. The number of halogens is 2. The van der Waals surface area contributed by atoms with Crippen molar-refractivity contribution in [1.29, 1.82) is 0 Å². The van der Waals surface area contributed by atoms with Gasteiger partial charge in [-0.2, -0.15) is 0 Å². The van der Waals surface area contributed by atoms with Gasteiger partial charge in [-0.15, -0.1) is 24.8 Å². The largest absolute Gasteiger partial charge is 0.396 e. The molecule has 2 heterocycles. The molecular formula is C21H28Cl2N2O. The Hall–Kier alpha value is -1.26. The van der Waals surface area contributed by atoms with Crippen LogP contribution in [0.25, 0.3) is 0 Å². The zero-order chi connectivity index (χ0) is 16.4. The molecule has 2 aromatic carbocycles. The van der Waals surface area contributed by atoms with Gasteiger partial charge in [-0.1, -0.05) is 42.5 Å². The molecule has 2 aromatic rings. The lowest BCUT2D eigenvalue weighted by atomic mass is 9.72. The van der Waals surface area contributed by atoms with E-state index >= 15 is 0 Å². The molecule has 0 bridgehead atoms. The second-order valence-corrected chi connectivity index (χ2v) is 7.21. The first-order valence-corrected chi connectivity index (χ1v) is 9.04. The SMILES string of the molecule is Cl.Cl.OCCc1cccc2c1C1(CCN(Cc3ccccc3)CC1)CN2. The van der Waals surface area contributed by atoms with E-state index in [1.54, 1.807) is 0 Å². The van der Waals surface area contributed by atoms with Crippen LogP contribution in [0.15, 0.2) is 48.5 Å². The quantitative estimate of drug-likeness (QED) is 0.821. The van der Waals surface area contributed by atoms with Gasteiger partial charge in [0.05, 0.1) is 0 Å². The van der Waals surface area contributed by atoms with Crippen molar-refractivity contribution in [3.8, 4) is 0 Å². The summed E-state index contributed by atoms with van der Waals surface area (Å²) < 4.78 is 0. The molecule has 2 aliphatic heterocycles. The van der Waals surface area contributed by atoms with Gasteiger partial charge in [-0.05, 0) is 55.1 Å². The number of nitrogens with one attached hydrogen (secondary N) is 1. The van der Waals surface area contributed by atoms with Crippen molar-refractivity contribution in [3.05, 3.63) is 65.2 Å². The number of hydrogen-bond donors (Lipinski definition) is 2. The first-order chi connectivity index (χ1) is 11.8. The van der Waals surface area contributed by atoms with E-state index in [1.807, 2.05) is 0 Å². The molecule has 0 atom stereocenters. The number of hydrogen-bond acceptors (Lipinski definition) is 3. The number of aliphatic hydroxyl groups is 1. The highest BCUT2D eigenvalue weighted by Gasteiger charge is 2.42. The normalized spacial score (nSPS) is 17.7. The van der Waals surface area contributed by atoms with Gasteiger partial charge in [0, 0.05) is 30.8 Å². The summed E-state index contributed by atoms with van der Waals surface area (Å²) >= 11 is 0. The van der Waals surface area contributed by atoms with Crippen molar-refractivity contribution in [2.45, 2.75) is 31.2 Å². The monoisotopic (exact) mass is 394 g/mol. The third-order valence-electron chi connectivity index (χ3n) is 5.74. The summed E-state index contributed by atoms with van der Waals surface area (Å²) in [7, 11) is 0. The van der Waals surface area contributed by atoms with E-state index in [0.717, 1.165) is 32.6 Å². The predicted octanol–water partition coefficient (Wildman–Crippen LogP) is 4.02. The molecule has 1 fully saturated rings. The van der Waals surface area contributed by atoms with Crippen LogP contribution in [0.3, 0.4) is 0 Å². The molecular weight excluding hydrogens is 367 g/mol. The number of benzene rings is 2. The first kappa shape index (κ1) is 21.0. The fourth-order valence-corrected chi connectivity index (χ4v) is 4.46. The number of fused-ring (bicyclic) bond motifs is 2. The van der Waals surface area contributed by atoms with Crippen LogP contribution >= 0.6 is 24.8 Å². The molecule has 2 N–H and O–H groups in total. The standard InChI is InChI=1S/C21H26N2O.2ClH/c24-14-9-18-7-4-8-19-20(18)21(16-22-19)10-12-23(13-11-21)15-17-5-2-1-3-6-17;;/h1-8,22,24H,9-16H2;2*1H. The Balaban J connectivity index is 0.00000121. The molecule has 2 aliphatic rings. The molecule has 142 valence electrons. The Morgan fingerprint density at radius 3 is 2.38 bits per heavy atom. The maximum absolute atomic E-state index is 9.42. The average molecular weight is 395 g/mol. The molecule has 1 spiro atoms. The van der Waals surface area contributed by atoms with Crippen molar-refractivity contribution in [1.82, 2.24) is 4.90 Å². The van der Waals surface area contributed by atoms with Gasteiger partial charge in [0.2, 0.25) is 0 Å². The molecule has 0 aliphatic carbocycles. The van der Waals surface area contributed by atoms with Crippen molar-refractivity contribution >= 4 is 30.5 Å². The van der Waals surface area contributed by atoms with Crippen LogP contribution in [0.4, 0.5) is 5.69 Å². The topological polar surface area (TPSA) is 35.5 Å². The highest BCUT2D eigenvalue weighted by molar-refractivity contribution is 5.85. The number of anilines is 1. The highest BCUT2D eigenvalue weighted by Crippen LogP contribution is 2.46. The molecule has 0 radical (unpaired) electrons. The minimum atomic E-state index is 0. The van der Waals surface area contributed by atoms with Crippen LogP contribution in [-0.4, -0.2) is 36.2 Å². The van der Waals surface area contributed by atoms with E-state index in [1.165, 1.54) is 35.2 Å². The fraction of sp³-hybridized carbons (Fsp3) is 0.429. The van der Waals surface area contributed by atoms with Crippen molar-refractivity contribution < 1.29 is 5.11 Å². The summed E-state index contributed by atoms with van der Waals surface area (Å²) in [5.74, 6) is 0. The molecule has 0 aromatic heterocycles. The Morgan fingerprint density at radius 2 is 1.69 bits per heavy atom. The molecule has 0 unspecified atom stereocenters. The maximum Gasteiger partial charge on any atom is 0.0471 e. The van der Waals surface area contributed by atoms with E-state index in [2.05, 4.69) is 58.7 Å². The van der Waals surface area contributed by atoms with E-state index in [-0.39, 0.29) is 36.8 Å². The number of aliphatic hydroxyl groups excluding tert-OH is 1. The summed E-state index contributed by atoms with van der Waals surface area (Å²) in [6, 6.07) is 17.3. The van der Waals surface area contributed by atoms with Crippen molar-refractivity contribution in [2.24, 2.45) is 0 Å². The Kier molecular flexibility index (Phi) is 7.36. The van der Waals surface area contributed by atoms with Gasteiger partial charge in [0.25, 0.3) is 0 Å². The van der Waals surface area contributed by atoms with Gasteiger partial charge >= 0.3 is 0 Å². The third-order valence-corrected chi connectivity index (χ3v) is 5.74. The molecule has 3 nitrogen and oxygen atoms in total. The Morgan fingerprint density at radius 1 is 0.962 bits per heavy atom. The zero-order valence-corrected chi connectivity index (χ0v) is 16.6. The lowest BCUT2D eigenvalue weighted by Gasteiger charge is -2.40. The minimum absolute atomic E-state index is 0. The summed E-state index contributed by atoms with van der Waals surface area (Å²) in [4.78, 5) is 2.58. The minimum Gasteiger partial charge on any atom is -0.396 e. The van der Waals surface area contributed by atoms with Crippen LogP contribution < -0.4 is 5.32 Å². The van der Waals surface area contributed by atoms with Crippen LogP contribution in [0.5, 0.6) is 0 Å². The van der Waals surface area contributed by atoms with Crippen LogP contribution in [-0.2, 0) is 18.4 Å². The maximum atomic E-state index is 9.42. The van der Waals surface area contributed by atoms with E-state index in [0.29, 0.717) is 0 Å². The van der Waals surface area contributed by atoms with Crippen LogP contribution in [0, 0.1) is 0 Å². The first-order valence-electron chi connectivity index (χ1n) is 9.04. The molecule has 26 heavy (non-hydrogen) atoms. The Labute approximate surface area is 168 Å². The zero-order valence-electron chi connectivity index (χ0n) is 15.0. The van der Waals surface area contributed by atoms with Crippen molar-refractivity contribution in [3.63, 3.8) is 0 Å². The molecule has 0 amide bonds. The second kappa shape index (κ2) is 9.09. The van der Waals surface area contributed by atoms with Crippen molar-refractivity contribution in [2.75, 3.05) is 31.6 Å². The van der Waals surface area contributed by atoms with Gasteiger partial charge in [-0.25, -0.2) is 0 Å². The van der Waals surface area contributed by atoms with Crippen LogP contribution in [0.2, 0.25) is 0 Å². The van der Waals surface area contributed by atoms with Gasteiger partial charge < -0.3 is 10.4 Å². The number of piperidine rings is 1. The number of likely N-dealkylation sites (tertiary alicyclic amines) is 1. The highest BCUT2D eigenvalue weighted by atomic mass is 35.5. The number of nitrogens with zero attached hydrogens (tertiary/aromatic N) is 1. The lowest BCUT2D eigenvalue weighted by molar-refractivity contribution is 0.161. The second-order valence-electron chi connectivity index (χ2n) is 7.21. The molecule has 5 heteroatoms. The Bertz CT molecular complexity index is 700. The summed E-state index contributed by atoms with van der Waals surface area (Å²) in [5, 5.41) is 13.0. The third kappa shape index (κ3) is 4.01. The lowest BCUT2D eigenvalue weighted by Crippen LogP contribution is -2.43. The molecule has 0 saturated carbocycles. The van der Waals surface area contributed by atoms with Gasteiger partial charge in [-0.3, -0.25) is 4.90 Å². The fourth-order valence-electron chi connectivity index (χ4n) is 4.46. The smallest absolute Gasteiger partial charge is 0.0471 e. The molecule has 1 saturated heterocycles. The average Bonchev–Trinajstić information content (AvgIpc) is 2.98. The van der Waals surface area contributed by atoms with E-state index in [4.69, 9.17) is 0 Å². The van der Waals surface area contributed by atoms with Crippen LogP contribution in [0.1, 0.15) is 29.5 Å². The van der Waals surface area contributed by atoms with Gasteiger partial charge in [0.1, 0.15) is 0 Å². The summed E-state index contributed by atoms with van der Waals surface area (Å²) in [6.07, 6.45) is 3.16. The van der Waals surface area contributed by atoms with E-state index in [9.17, 15) is 5.11 Å². The number of rotatable bonds is 4. The van der Waals surface area contributed by atoms with Gasteiger partial charge in [0.15, 0.2) is 0 Å². The van der Waals surface area contributed by atoms with E-state index < -0.39 is 0 Å².